The number of amidine groups is 1. The fourth-order valence-electron chi connectivity index (χ4n) is 5.06. The molecule has 0 fully saturated rings. The van der Waals surface area contributed by atoms with E-state index in [0.29, 0.717) is 17.2 Å². The molecule has 2 heterocycles. The van der Waals surface area contributed by atoms with Gasteiger partial charge in [0.15, 0.2) is 11.5 Å². The van der Waals surface area contributed by atoms with E-state index >= 15 is 0 Å². The summed E-state index contributed by atoms with van der Waals surface area (Å²) in [4.78, 5) is 7.41. The summed E-state index contributed by atoms with van der Waals surface area (Å²) < 4.78 is 16.5. The number of benzene rings is 3. The van der Waals surface area contributed by atoms with Crippen molar-refractivity contribution in [1.82, 2.24) is 4.90 Å². The first-order valence-corrected chi connectivity index (χ1v) is 12.4. The van der Waals surface area contributed by atoms with Gasteiger partial charge in [-0.2, -0.15) is 0 Å². The van der Waals surface area contributed by atoms with Crippen LogP contribution in [-0.4, -0.2) is 45.2 Å². The Morgan fingerprint density at radius 2 is 1.50 bits per heavy atom. The van der Waals surface area contributed by atoms with Gasteiger partial charge < -0.3 is 19.1 Å². The van der Waals surface area contributed by atoms with Crippen molar-refractivity contribution in [2.75, 3.05) is 34.4 Å². The number of hydrogen-bond acceptors (Lipinski definition) is 5. The molecule has 0 aliphatic carbocycles. The van der Waals surface area contributed by atoms with Gasteiger partial charge in [-0.3, -0.25) is 4.99 Å². The van der Waals surface area contributed by atoms with Crippen LogP contribution in [0.5, 0.6) is 17.2 Å². The number of fused-ring (bicyclic) bond motifs is 3. The maximum atomic E-state index is 5.51. The average molecular weight is 483 g/mol. The summed E-state index contributed by atoms with van der Waals surface area (Å²) in [5.74, 6) is 3.09. The van der Waals surface area contributed by atoms with Crippen molar-refractivity contribution in [3.8, 4) is 17.2 Å². The minimum atomic E-state index is 0.134. The highest BCUT2D eigenvalue weighted by Gasteiger charge is 2.34. The monoisotopic (exact) mass is 482 g/mol. The average Bonchev–Trinajstić information content (AvgIpc) is 2.90. The maximum absolute atomic E-state index is 5.51. The minimum Gasteiger partial charge on any atom is -0.493 e. The molecule has 186 valence electrons. The van der Waals surface area contributed by atoms with Crippen LogP contribution >= 0.6 is 0 Å². The standard InChI is InChI=1S/C31H34N2O3/c1-31(2)19-32-30-25-9-7-6-8-24(25)18-26(33(30)20-31)23-14-12-21(13-15-23)10-11-22-16-27(34-3)29(36-5)28(17-22)35-4/h6-9,12-18H,10-11,19-20H2,1-5H3. The third kappa shape index (κ3) is 4.58. The van der Waals surface area contributed by atoms with Gasteiger partial charge in [0.1, 0.15) is 5.84 Å². The zero-order chi connectivity index (χ0) is 25.3. The van der Waals surface area contributed by atoms with Crippen LogP contribution in [0.4, 0.5) is 0 Å². The Kier molecular flexibility index (Phi) is 6.48. The van der Waals surface area contributed by atoms with Crippen molar-refractivity contribution in [2.24, 2.45) is 10.4 Å². The van der Waals surface area contributed by atoms with Crippen LogP contribution in [0.2, 0.25) is 0 Å². The first-order valence-electron chi connectivity index (χ1n) is 12.4. The Balaban J connectivity index is 1.39. The van der Waals surface area contributed by atoms with E-state index in [0.717, 1.165) is 37.3 Å². The van der Waals surface area contributed by atoms with Gasteiger partial charge in [0.2, 0.25) is 5.75 Å². The largest absolute Gasteiger partial charge is 0.493 e. The van der Waals surface area contributed by atoms with Crippen molar-refractivity contribution < 1.29 is 14.2 Å². The van der Waals surface area contributed by atoms with Gasteiger partial charge in [-0.25, -0.2) is 0 Å². The molecular weight excluding hydrogens is 448 g/mol. The van der Waals surface area contributed by atoms with Crippen LogP contribution in [0.3, 0.4) is 0 Å². The summed E-state index contributed by atoms with van der Waals surface area (Å²) in [6.07, 6.45) is 4.11. The highest BCUT2D eigenvalue weighted by atomic mass is 16.5. The molecule has 0 bridgehead atoms. The fourth-order valence-corrected chi connectivity index (χ4v) is 5.06. The van der Waals surface area contributed by atoms with E-state index in [4.69, 9.17) is 19.2 Å². The number of methoxy groups -OCH3 is 3. The Morgan fingerprint density at radius 3 is 2.17 bits per heavy atom. The first kappa shape index (κ1) is 24.0. The molecule has 5 heteroatoms. The summed E-state index contributed by atoms with van der Waals surface area (Å²) >= 11 is 0. The van der Waals surface area contributed by atoms with Gasteiger partial charge in [0.05, 0.1) is 27.0 Å². The molecule has 0 radical (unpaired) electrons. The lowest BCUT2D eigenvalue weighted by Gasteiger charge is -2.42. The second-order valence-corrected chi connectivity index (χ2v) is 10.2. The molecule has 0 saturated carbocycles. The van der Waals surface area contributed by atoms with E-state index in [2.05, 4.69) is 73.4 Å². The summed E-state index contributed by atoms with van der Waals surface area (Å²) in [6.45, 7) is 6.38. The topological polar surface area (TPSA) is 43.3 Å². The van der Waals surface area contributed by atoms with Crippen LogP contribution in [0.25, 0.3) is 11.8 Å². The molecule has 36 heavy (non-hydrogen) atoms. The van der Waals surface area contributed by atoms with Gasteiger partial charge in [-0.15, -0.1) is 0 Å². The fraction of sp³-hybridized carbons (Fsp3) is 0.323. The Hall–Kier alpha value is -3.73. The van der Waals surface area contributed by atoms with E-state index in [9.17, 15) is 0 Å². The first-order chi connectivity index (χ1) is 17.4. The molecule has 0 N–H and O–H groups in total. The number of nitrogens with zero attached hydrogens (tertiary/aromatic N) is 2. The Morgan fingerprint density at radius 1 is 0.833 bits per heavy atom. The maximum Gasteiger partial charge on any atom is 0.203 e. The van der Waals surface area contributed by atoms with E-state index in [-0.39, 0.29) is 5.41 Å². The molecule has 0 aromatic heterocycles. The van der Waals surface area contributed by atoms with Crippen LogP contribution in [-0.2, 0) is 12.8 Å². The smallest absolute Gasteiger partial charge is 0.203 e. The quantitative estimate of drug-likeness (QED) is 0.408. The van der Waals surface area contributed by atoms with Crippen LogP contribution in [0.15, 0.2) is 65.7 Å². The number of hydrogen-bond donors (Lipinski definition) is 0. The molecular formula is C31H34N2O3. The van der Waals surface area contributed by atoms with Crippen molar-refractivity contribution in [3.63, 3.8) is 0 Å². The predicted octanol–water partition coefficient (Wildman–Crippen LogP) is 6.10. The second kappa shape index (κ2) is 9.73. The molecule has 3 aromatic carbocycles. The zero-order valence-corrected chi connectivity index (χ0v) is 21.8. The summed E-state index contributed by atoms with van der Waals surface area (Å²) in [7, 11) is 4.93. The van der Waals surface area contributed by atoms with Crippen molar-refractivity contribution >= 4 is 17.6 Å². The van der Waals surface area contributed by atoms with E-state index in [1.165, 1.54) is 28.0 Å². The van der Waals surface area contributed by atoms with Gasteiger partial charge in [0, 0.05) is 24.1 Å². The lowest BCUT2D eigenvalue weighted by atomic mass is 9.87. The van der Waals surface area contributed by atoms with Crippen LogP contribution in [0.1, 0.15) is 41.7 Å². The molecule has 0 amide bonds. The number of aryl methyl sites for hydroxylation is 2. The van der Waals surface area contributed by atoms with Crippen molar-refractivity contribution in [1.29, 1.82) is 0 Å². The Labute approximate surface area is 214 Å². The van der Waals surface area contributed by atoms with Crippen molar-refractivity contribution in [2.45, 2.75) is 26.7 Å². The third-order valence-corrected chi connectivity index (χ3v) is 6.96. The van der Waals surface area contributed by atoms with E-state index in [1.54, 1.807) is 21.3 Å². The summed E-state index contributed by atoms with van der Waals surface area (Å²) in [5, 5.41) is 0. The predicted molar refractivity (Wildman–Crippen MR) is 146 cm³/mol. The van der Waals surface area contributed by atoms with Gasteiger partial charge in [0.25, 0.3) is 0 Å². The number of rotatable bonds is 7. The molecule has 0 unspecified atom stereocenters. The van der Waals surface area contributed by atoms with Crippen molar-refractivity contribution in [3.05, 3.63) is 88.5 Å². The molecule has 0 spiro atoms. The molecule has 5 nitrogen and oxygen atoms in total. The Bertz CT molecular complexity index is 1300. The highest BCUT2D eigenvalue weighted by Crippen LogP contribution is 2.39. The molecule has 3 aromatic rings. The molecule has 2 aliphatic heterocycles. The lowest BCUT2D eigenvalue weighted by molar-refractivity contribution is 0.290. The van der Waals surface area contributed by atoms with Gasteiger partial charge in [-0.05, 0) is 53.3 Å². The van der Waals surface area contributed by atoms with Gasteiger partial charge >= 0.3 is 0 Å². The SMILES string of the molecule is COc1cc(CCc2ccc(C3=Cc4ccccc4C4=NCC(C)(C)CN34)cc2)cc(OC)c1OC. The lowest BCUT2D eigenvalue weighted by Crippen LogP contribution is -2.45. The minimum absolute atomic E-state index is 0.134. The molecule has 0 atom stereocenters. The second-order valence-electron chi connectivity index (χ2n) is 10.2. The normalized spacial score (nSPS) is 15.9. The van der Waals surface area contributed by atoms with E-state index in [1.807, 2.05) is 12.1 Å². The highest BCUT2D eigenvalue weighted by molar-refractivity contribution is 6.11. The molecule has 0 saturated heterocycles. The number of ether oxygens (including phenoxy) is 3. The zero-order valence-electron chi connectivity index (χ0n) is 21.8. The molecule has 2 aliphatic rings. The third-order valence-electron chi connectivity index (χ3n) is 6.96. The molecule has 5 rings (SSSR count). The summed E-state index contributed by atoms with van der Waals surface area (Å²) in [5.41, 5.74) is 7.46. The van der Waals surface area contributed by atoms with E-state index < -0.39 is 0 Å². The van der Waals surface area contributed by atoms with Gasteiger partial charge in [-0.1, -0.05) is 62.4 Å². The number of aliphatic imine (C=N–C) groups is 1. The summed E-state index contributed by atoms with van der Waals surface area (Å²) in [6, 6.07) is 21.6. The van der Waals surface area contributed by atoms with Crippen LogP contribution < -0.4 is 14.2 Å². The van der Waals surface area contributed by atoms with Crippen LogP contribution in [0, 0.1) is 5.41 Å².